The van der Waals surface area contributed by atoms with Crippen molar-refractivity contribution in [3.8, 4) is 0 Å². The van der Waals surface area contributed by atoms with Crippen LogP contribution in [0.4, 0.5) is 24.5 Å². The molecule has 0 fully saturated rings. The van der Waals surface area contributed by atoms with Crippen LogP contribution >= 0.6 is 34.2 Å². The van der Waals surface area contributed by atoms with E-state index in [-0.39, 0.29) is 23.2 Å². The number of aliphatic hydroxyl groups excluding tert-OH is 1. The Kier molecular flexibility index (Phi) is 7.93. The highest BCUT2D eigenvalue weighted by atomic mass is 127. The second-order valence-electron chi connectivity index (χ2n) is 6.21. The standard InChI is InChI=1S/C18H17ClF3IN2O3/c1-8(2)14(26)7-28-25-18(27)10-6-12(20)15(21)16(22)17(10)24-13-4-3-9(23)5-11(13)19/h3-6,8,14,24,26H,7H2,1-2H3,(H,25,27). The molecule has 0 aromatic heterocycles. The number of benzene rings is 2. The third-order valence-corrected chi connectivity index (χ3v) is 4.77. The molecule has 2 aromatic rings. The number of aliphatic hydroxyl groups is 1. The SMILES string of the molecule is CC(C)C(O)CONC(=O)c1cc(F)c(F)c(F)c1Nc1ccc(I)cc1Cl. The molecular weight excluding hydrogens is 512 g/mol. The fraction of sp³-hybridized carbons (Fsp3) is 0.278. The number of rotatable bonds is 7. The number of hydroxylamine groups is 1. The molecule has 0 aliphatic carbocycles. The predicted molar refractivity (Wildman–Crippen MR) is 108 cm³/mol. The summed E-state index contributed by atoms with van der Waals surface area (Å²) in [5.41, 5.74) is 1.03. The molecule has 0 saturated carbocycles. The lowest BCUT2D eigenvalue weighted by atomic mass is 10.1. The van der Waals surface area contributed by atoms with E-state index in [9.17, 15) is 23.1 Å². The van der Waals surface area contributed by atoms with Crippen LogP contribution in [0.25, 0.3) is 0 Å². The van der Waals surface area contributed by atoms with Crippen LogP contribution in [0.1, 0.15) is 24.2 Å². The number of nitrogens with one attached hydrogen (secondary N) is 2. The molecule has 5 nitrogen and oxygen atoms in total. The van der Waals surface area contributed by atoms with E-state index in [0.717, 1.165) is 3.57 Å². The molecule has 2 rings (SSSR count). The van der Waals surface area contributed by atoms with Gasteiger partial charge in [-0.1, -0.05) is 25.4 Å². The average molecular weight is 529 g/mol. The fourth-order valence-corrected chi connectivity index (χ4v) is 2.96. The van der Waals surface area contributed by atoms with E-state index in [1.54, 1.807) is 26.0 Å². The number of amides is 1. The number of hydrogen-bond donors (Lipinski definition) is 3. The van der Waals surface area contributed by atoms with Crippen molar-refractivity contribution in [2.45, 2.75) is 20.0 Å². The number of anilines is 2. The topological polar surface area (TPSA) is 70.6 Å². The van der Waals surface area contributed by atoms with Gasteiger partial charge in [-0.05, 0) is 52.8 Å². The molecule has 0 bridgehead atoms. The van der Waals surface area contributed by atoms with Crippen molar-refractivity contribution in [1.29, 1.82) is 0 Å². The van der Waals surface area contributed by atoms with Crippen molar-refractivity contribution in [2.75, 3.05) is 11.9 Å². The summed E-state index contributed by atoms with van der Waals surface area (Å²) in [5, 5.41) is 12.4. The molecule has 28 heavy (non-hydrogen) atoms. The summed E-state index contributed by atoms with van der Waals surface area (Å²) < 4.78 is 42.6. The first kappa shape index (κ1) is 22.7. The first-order valence-electron chi connectivity index (χ1n) is 8.11. The zero-order valence-corrected chi connectivity index (χ0v) is 17.7. The summed E-state index contributed by atoms with van der Waals surface area (Å²) in [5.74, 6) is -6.02. The van der Waals surface area contributed by atoms with Crippen LogP contribution in [0.5, 0.6) is 0 Å². The lowest BCUT2D eigenvalue weighted by Crippen LogP contribution is -2.31. The molecule has 0 radical (unpaired) electrons. The van der Waals surface area contributed by atoms with Gasteiger partial charge in [0.15, 0.2) is 17.5 Å². The maximum Gasteiger partial charge on any atom is 0.277 e. The van der Waals surface area contributed by atoms with E-state index in [1.165, 1.54) is 6.07 Å². The minimum absolute atomic E-state index is 0.127. The number of carbonyl (C=O) groups is 1. The van der Waals surface area contributed by atoms with Crippen LogP contribution in [0.3, 0.4) is 0 Å². The van der Waals surface area contributed by atoms with Crippen LogP contribution in [-0.2, 0) is 4.84 Å². The van der Waals surface area contributed by atoms with E-state index in [1.807, 2.05) is 28.1 Å². The summed E-state index contributed by atoms with van der Waals surface area (Å²) in [6.07, 6.45) is -0.856. The Labute approximate surface area is 178 Å². The first-order valence-corrected chi connectivity index (χ1v) is 9.57. The maximum atomic E-state index is 14.4. The summed E-state index contributed by atoms with van der Waals surface area (Å²) in [6.45, 7) is 3.25. The van der Waals surface area contributed by atoms with E-state index in [4.69, 9.17) is 16.4 Å². The van der Waals surface area contributed by atoms with Gasteiger partial charge in [0, 0.05) is 3.57 Å². The average Bonchev–Trinajstić information content (AvgIpc) is 2.63. The van der Waals surface area contributed by atoms with E-state index >= 15 is 0 Å². The normalized spacial score (nSPS) is 12.2. The third-order valence-electron chi connectivity index (χ3n) is 3.79. The van der Waals surface area contributed by atoms with Gasteiger partial charge < -0.3 is 10.4 Å². The zero-order chi connectivity index (χ0) is 21.0. The number of halogens is 5. The second-order valence-corrected chi connectivity index (χ2v) is 7.86. The highest BCUT2D eigenvalue weighted by Crippen LogP contribution is 2.32. The third kappa shape index (κ3) is 5.49. The molecule has 0 aliphatic heterocycles. The van der Waals surface area contributed by atoms with Crippen LogP contribution in [0.15, 0.2) is 24.3 Å². The molecule has 0 spiro atoms. The van der Waals surface area contributed by atoms with Gasteiger partial charge in [-0.2, -0.15) is 0 Å². The molecule has 1 amide bonds. The summed E-state index contributed by atoms with van der Waals surface area (Å²) in [6, 6.07) is 5.27. The highest BCUT2D eigenvalue weighted by molar-refractivity contribution is 14.1. The van der Waals surface area contributed by atoms with Gasteiger partial charge in [0.1, 0.15) is 6.61 Å². The second kappa shape index (κ2) is 9.77. The Morgan fingerprint density at radius 2 is 1.93 bits per heavy atom. The summed E-state index contributed by atoms with van der Waals surface area (Å²) in [7, 11) is 0. The smallest absolute Gasteiger partial charge is 0.277 e. The van der Waals surface area contributed by atoms with Crippen LogP contribution < -0.4 is 10.8 Å². The molecule has 0 aliphatic rings. The zero-order valence-electron chi connectivity index (χ0n) is 14.8. The highest BCUT2D eigenvalue weighted by Gasteiger charge is 2.24. The maximum absolute atomic E-state index is 14.4. The van der Waals surface area contributed by atoms with Gasteiger partial charge in [-0.3, -0.25) is 9.63 Å². The van der Waals surface area contributed by atoms with Crippen molar-refractivity contribution in [2.24, 2.45) is 5.92 Å². The van der Waals surface area contributed by atoms with E-state index in [2.05, 4.69) is 5.32 Å². The fourth-order valence-electron chi connectivity index (χ4n) is 2.06. The Morgan fingerprint density at radius 3 is 2.54 bits per heavy atom. The number of hydrogen-bond acceptors (Lipinski definition) is 4. The molecular formula is C18H17ClF3IN2O3. The van der Waals surface area contributed by atoms with Gasteiger partial charge in [-0.15, -0.1) is 0 Å². The van der Waals surface area contributed by atoms with Gasteiger partial charge >= 0.3 is 0 Å². The lowest BCUT2D eigenvalue weighted by Gasteiger charge is -2.17. The van der Waals surface area contributed by atoms with Gasteiger partial charge in [0.25, 0.3) is 5.91 Å². The minimum atomic E-state index is -1.74. The molecule has 0 heterocycles. The van der Waals surface area contributed by atoms with Crippen molar-refractivity contribution in [3.63, 3.8) is 0 Å². The van der Waals surface area contributed by atoms with Crippen LogP contribution in [0.2, 0.25) is 5.02 Å². The Balaban J connectivity index is 2.31. The minimum Gasteiger partial charge on any atom is -0.390 e. The molecule has 0 saturated heterocycles. The Morgan fingerprint density at radius 1 is 1.25 bits per heavy atom. The first-order chi connectivity index (χ1) is 13.1. The van der Waals surface area contributed by atoms with Crippen molar-refractivity contribution < 1.29 is 27.9 Å². The summed E-state index contributed by atoms with van der Waals surface area (Å²) in [4.78, 5) is 17.2. The quantitative estimate of drug-likeness (QED) is 0.275. The van der Waals surface area contributed by atoms with Crippen LogP contribution in [-0.4, -0.2) is 23.7 Å². The monoisotopic (exact) mass is 528 g/mol. The van der Waals surface area contributed by atoms with E-state index in [0.29, 0.717) is 6.07 Å². The van der Waals surface area contributed by atoms with Gasteiger partial charge in [-0.25, -0.2) is 18.7 Å². The van der Waals surface area contributed by atoms with Crippen molar-refractivity contribution >= 4 is 51.5 Å². The van der Waals surface area contributed by atoms with Gasteiger partial charge in [0.2, 0.25) is 0 Å². The molecule has 152 valence electrons. The molecule has 3 N–H and O–H groups in total. The van der Waals surface area contributed by atoms with Crippen molar-refractivity contribution in [3.05, 3.63) is 55.9 Å². The van der Waals surface area contributed by atoms with Crippen LogP contribution in [0, 0.1) is 26.9 Å². The number of carbonyl (C=O) groups excluding carboxylic acids is 1. The predicted octanol–water partition coefficient (Wildman–Crippen LogP) is 4.78. The van der Waals surface area contributed by atoms with Crippen molar-refractivity contribution in [1.82, 2.24) is 5.48 Å². The molecule has 10 heteroatoms. The Hall–Kier alpha value is -1.56. The summed E-state index contributed by atoms with van der Waals surface area (Å²) >= 11 is 8.09. The van der Waals surface area contributed by atoms with Gasteiger partial charge in [0.05, 0.1) is 28.1 Å². The largest absolute Gasteiger partial charge is 0.390 e. The molecule has 1 atom stereocenters. The molecule has 1 unspecified atom stereocenters. The lowest BCUT2D eigenvalue weighted by molar-refractivity contribution is -0.0268. The Bertz CT molecular complexity index is 884. The molecule has 2 aromatic carbocycles. The van der Waals surface area contributed by atoms with E-state index < -0.39 is 40.7 Å².